The van der Waals surface area contributed by atoms with Gasteiger partial charge in [-0.25, -0.2) is 0 Å². The van der Waals surface area contributed by atoms with Crippen LogP contribution in [0, 0.1) is 18.8 Å². The standard InChI is InChI=1S/C17H28N2O/c1-12(2)9-15(11-18)10-17(20)19-14(4)16-8-6-5-7-13(16)3/h5-8,12,14-15H,9-11,18H2,1-4H3,(H,19,20). The first-order valence-electron chi connectivity index (χ1n) is 7.49. The maximum Gasteiger partial charge on any atom is 0.220 e. The van der Waals surface area contributed by atoms with E-state index in [0.717, 1.165) is 6.42 Å². The Kier molecular flexibility index (Phi) is 6.73. The number of nitrogens with one attached hydrogen (secondary N) is 1. The molecule has 0 saturated carbocycles. The van der Waals surface area contributed by atoms with Crippen molar-refractivity contribution in [1.82, 2.24) is 5.32 Å². The Balaban J connectivity index is 2.55. The van der Waals surface area contributed by atoms with Crippen LogP contribution in [0.25, 0.3) is 0 Å². The van der Waals surface area contributed by atoms with Crippen molar-refractivity contribution in [2.45, 2.75) is 46.6 Å². The molecule has 1 aromatic carbocycles. The fourth-order valence-electron chi connectivity index (χ4n) is 2.64. The minimum atomic E-state index is 0.0428. The van der Waals surface area contributed by atoms with E-state index in [0.29, 0.717) is 18.9 Å². The van der Waals surface area contributed by atoms with Gasteiger partial charge in [-0.15, -0.1) is 0 Å². The Morgan fingerprint density at radius 3 is 2.45 bits per heavy atom. The van der Waals surface area contributed by atoms with Gasteiger partial charge < -0.3 is 11.1 Å². The van der Waals surface area contributed by atoms with Crippen LogP contribution in [-0.2, 0) is 4.79 Å². The SMILES string of the molecule is Cc1ccccc1C(C)NC(=O)CC(CN)CC(C)C. The van der Waals surface area contributed by atoms with E-state index in [9.17, 15) is 4.79 Å². The van der Waals surface area contributed by atoms with Crippen LogP contribution in [0.15, 0.2) is 24.3 Å². The van der Waals surface area contributed by atoms with Gasteiger partial charge in [0.15, 0.2) is 0 Å². The lowest BCUT2D eigenvalue weighted by Gasteiger charge is -2.20. The van der Waals surface area contributed by atoms with E-state index in [2.05, 4.69) is 38.2 Å². The quantitative estimate of drug-likeness (QED) is 0.803. The lowest BCUT2D eigenvalue weighted by molar-refractivity contribution is -0.122. The predicted octanol–water partition coefficient (Wildman–Crippen LogP) is 3.18. The van der Waals surface area contributed by atoms with E-state index in [1.165, 1.54) is 11.1 Å². The summed E-state index contributed by atoms with van der Waals surface area (Å²) in [5, 5.41) is 3.08. The second-order valence-corrected chi connectivity index (χ2v) is 6.08. The normalized spacial score (nSPS) is 14.1. The molecule has 20 heavy (non-hydrogen) atoms. The van der Waals surface area contributed by atoms with E-state index in [1.54, 1.807) is 0 Å². The second-order valence-electron chi connectivity index (χ2n) is 6.08. The lowest BCUT2D eigenvalue weighted by atomic mass is 9.93. The summed E-state index contributed by atoms with van der Waals surface area (Å²) in [6, 6.07) is 8.20. The van der Waals surface area contributed by atoms with Crippen LogP contribution in [0.5, 0.6) is 0 Å². The largest absolute Gasteiger partial charge is 0.350 e. The van der Waals surface area contributed by atoms with Gasteiger partial charge in [-0.3, -0.25) is 4.79 Å². The smallest absolute Gasteiger partial charge is 0.220 e. The number of hydrogen-bond donors (Lipinski definition) is 2. The van der Waals surface area contributed by atoms with Gasteiger partial charge in [0.1, 0.15) is 0 Å². The topological polar surface area (TPSA) is 55.1 Å². The van der Waals surface area contributed by atoms with Crippen molar-refractivity contribution in [1.29, 1.82) is 0 Å². The van der Waals surface area contributed by atoms with Crippen molar-refractivity contribution < 1.29 is 4.79 Å². The first-order chi connectivity index (χ1) is 9.43. The summed E-state index contributed by atoms with van der Waals surface area (Å²) in [7, 11) is 0. The number of rotatable bonds is 7. The van der Waals surface area contributed by atoms with Crippen LogP contribution in [-0.4, -0.2) is 12.5 Å². The summed E-state index contributed by atoms with van der Waals surface area (Å²) in [4.78, 5) is 12.1. The zero-order valence-electron chi connectivity index (χ0n) is 13.1. The summed E-state index contributed by atoms with van der Waals surface area (Å²) in [5.41, 5.74) is 8.14. The van der Waals surface area contributed by atoms with Crippen LogP contribution in [0.3, 0.4) is 0 Å². The molecule has 0 fully saturated rings. The summed E-state index contributed by atoms with van der Waals surface area (Å²) in [5.74, 6) is 0.945. The monoisotopic (exact) mass is 276 g/mol. The molecule has 2 unspecified atom stereocenters. The Hall–Kier alpha value is -1.35. The van der Waals surface area contributed by atoms with E-state index in [4.69, 9.17) is 5.73 Å². The van der Waals surface area contributed by atoms with Gasteiger partial charge in [0.25, 0.3) is 0 Å². The zero-order valence-corrected chi connectivity index (χ0v) is 13.1. The fraction of sp³-hybridized carbons (Fsp3) is 0.588. The molecule has 1 aromatic rings. The molecule has 112 valence electrons. The van der Waals surface area contributed by atoms with Gasteiger partial charge in [0.2, 0.25) is 5.91 Å². The maximum atomic E-state index is 12.1. The third-order valence-electron chi connectivity index (χ3n) is 3.64. The van der Waals surface area contributed by atoms with Crippen LogP contribution < -0.4 is 11.1 Å². The highest BCUT2D eigenvalue weighted by Crippen LogP contribution is 2.18. The van der Waals surface area contributed by atoms with Crippen LogP contribution in [0.1, 0.15) is 50.8 Å². The number of carbonyl (C=O) groups is 1. The molecule has 0 radical (unpaired) electrons. The number of aryl methyl sites for hydroxylation is 1. The summed E-state index contributed by atoms with van der Waals surface area (Å²) < 4.78 is 0. The number of hydrogen-bond acceptors (Lipinski definition) is 2. The molecule has 0 aliphatic rings. The van der Waals surface area contributed by atoms with Gasteiger partial charge >= 0.3 is 0 Å². The first-order valence-corrected chi connectivity index (χ1v) is 7.49. The van der Waals surface area contributed by atoms with Gasteiger partial charge in [-0.2, -0.15) is 0 Å². The van der Waals surface area contributed by atoms with Crippen molar-refractivity contribution in [3.8, 4) is 0 Å². The molecule has 1 amide bonds. The molecule has 3 N–H and O–H groups in total. The highest BCUT2D eigenvalue weighted by Gasteiger charge is 2.16. The Morgan fingerprint density at radius 1 is 1.25 bits per heavy atom. The average Bonchev–Trinajstić information content (AvgIpc) is 2.37. The van der Waals surface area contributed by atoms with Crippen molar-refractivity contribution in [2.24, 2.45) is 17.6 Å². The van der Waals surface area contributed by atoms with Gasteiger partial charge in [0.05, 0.1) is 6.04 Å². The molecule has 0 saturated heterocycles. The number of carbonyl (C=O) groups excluding carboxylic acids is 1. The molecule has 3 nitrogen and oxygen atoms in total. The molecular weight excluding hydrogens is 248 g/mol. The van der Waals surface area contributed by atoms with Crippen molar-refractivity contribution in [2.75, 3.05) is 6.54 Å². The Labute approximate surface area is 122 Å². The molecule has 0 aromatic heterocycles. The molecule has 0 bridgehead atoms. The van der Waals surface area contributed by atoms with E-state index >= 15 is 0 Å². The molecule has 0 aliphatic heterocycles. The van der Waals surface area contributed by atoms with Gasteiger partial charge in [-0.05, 0) is 49.8 Å². The predicted molar refractivity (Wildman–Crippen MR) is 84.4 cm³/mol. The molecule has 0 heterocycles. The Bertz CT molecular complexity index is 429. The summed E-state index contributed by atoms with van der Waals surface area (Å²) in [6.45, 7) is 9.00. The van der Waals surface area contributed by atoms with Crippen LogP contribution >= 0.6 is 0 Å². The lowest BCUT2D eigenvalue weighted by Crippen LogP contribution is -2.31. The van der Waals surface area contributed by atoms with Gasteiger partial charge in [-0.1, -0.05) is 38.1 Å². The third kappa shape index (κ3) is 5.33. The van der Waals surface area contributed by atoms with Crippen molar-refractivity contribution in [3.05, 3.63) is 35.4 Å². The van der Waals surface area contributed by atoms with Crippen LogP contribution in [0.2, 0.25) is 0 Å². The highest BCUT2D eigenvalue weighted by molar-refractivity contribution is 5.76. The van der Waals surface area contributed by atoms with E-state index in [-0.39, 0.29) is 17.9 Å². The van der Waals surface area contributed by atoms with Crippen molar-refractivity contribution in [3.63, 3.8) is 0 Å². The molecule has 0 aliphatic carbocycles. The zero-order chi connectivity index (χ0) is 15.1. The van der Waals surface area contributed by atoms with Gasteiger partial charge in [0, 0.05) is 6.42 Å². The number of nitrogens with two attached hydrogens (primary N) is 1. The third-order valence-corrected chi connectivity index (χ3v) is 3.64. The van der Waals surface area contributed by atoms with E-state index < -0.39 is 0 Å². The fourth-order valence-corrected chi connectivity index (χ4v) is 2.64. The number of benzene rings is 1. The number of amides is 1. The van der Waals surface area contributed by atoms with E-state index in [1.807, 2.05) is 19.1 Å². The molecule has 1 rings (SSSR count). The molecule has 2 atom stereocenters. The first kappa shape index (κ1) is 16.7. The molecule has 3 heteroatoms. The average molecular weight is 276 g/mol. The molecule has 0 spiro atoms. The molecular formula is C17H28N2O. The maximum absolute atomic E-state index is 12.1. The summed E-state index contributed by atoms with van der Waals surface area (Å²) >= 11 is 0. The summed E-state index contributed by atoms with van der Waals surface area (Å²) in [6.07, 6.45) is 1.52. The van der Waals surface area contributed by atoms with Crippen molar-refractivity contribution >= 4 is 5.91 Å². The minimum Gasteiger partial charge on any atom is -0.350 e. The Morgan fingerprint density at radius 2 is 1.90 bits per heavy atom. The highest BCUT2D eigenvalue weighted by atomic mass is 16.1. The second kappa shape index (κ2) is 8.05. The minimum absolute atomic E-state index is 0.0428. The van der Waals surface area contributed by atoms with Crippen LogP contribution in [0.4, 0.5) is 0 Å².